The van der Waals surface area contributed by atoms with Gasteiger partial charge in [-0.3, -0.25) is 0 Å². The number of nitrogens with zero attached hydrogens (tertiary/aromatic N) is 4. The van der Waals surface area contributed by atoms with Crippen molar-refractivity contribution in [3.05, 3.63) is 5.28 Å². The monoisotopic (exact) mass is 285 g/mol. The van der Waals surface area contributed by atoms with Crippen LogP contribution in [0.3, 0.4) is 0 Å². The first-order valence-corrected chi connectivity index (χ1v) is 6.89. The van der Waals surface area contributed by atoms with Crippen LogP contribution in [0.2, 0.25) is 5.28 Å². The topological polar surface area (TPSA) is 74.2 Å². The van der Waals surface area contributed by atoms with Gasteiger partial charge in [-0.1, -0.05) is 0 Å². The number of nitrogens with one attached hydrogen (secondary N) is 1. The molecular weight excluding hydrogens is 266 g/mol. The molecule has 1 aromatic rings. The minimum atomic E-state index is -0.543. The molecule has 1 saturated heterocycles. The predicted octanol–water partition coefficient (Wildman–Crippen LogP) is 1.70. The standard InChI is InChI=1S/C12H20ClN5O/c1-8(19)12(2,3)17-10-14-9(13)15-11(16-10)18-6-4-5-7-18/h8,19H,4-7H2,1-3H3,(H,14,15,16,17). The van der Waals surface area contributed by atoms with Crippen molar-refractivity contribution in [2.75, 3.05) is 23.3 Å². The Balaban J connectivity index is 2.21. The maximum absolute atomic E-state index is 9.71. The molecule has 7 heteroatoms. The summed E-state index contributed by atoms with van der Waals surface area (Å²) in [7, 11) is 0. The lowest BCUT2D eigenvalue weighted by Crippen LogP contribution is -2.42. The third-order valence-electron chi connectivity index (χ3n) is 3.46. The fourth-order valence-corrected chi connectivity index (χ4v) is 2.00. The summed E-state index contributed by atoms with van der Waals surface area (Å²) in [6, 6.07) is 0. The summed E-state index contributed by atoms with van der Waals surface area (Å²) in [6.45, 7) is 7.37. The second-order valence-corrected chi connectivity index (χ2v) is 5.78. The third kappa shape index (κ3) is 3.45. The van der Waals surface area contributed by atoms with E-state index in [0.29, 0.717) is 11.9 Å². The highest BCUT2D eigenvalue weighted by Crippen LogP contribution is 2.21. The number of hydrogen-bond donors (Lipinski definition) is 2. The molecule has 1 aromatic heterocycles. The summed E-state index contributed by atoms with van der Waals surface area (Å²) in [5.74, 6) is 0.995. The second kappa shape index (κ2) is 5.46. The summed E-state index contributed by atoms with van der Waals surface area (Å²) in [6.07, 6.45) is 1.74. The van der Waals surface area contributed by atoms with E-state index in [-0.39, 0.29) is 5.28 Å². The maximum Gasteiger partial charge on any atom is 0.231 e. The molecule has 0 bridgehead atoms. The molecule has 1 fully saturated rings. The van der Waals surface area contributed by atoms with Gasteiger partial charge in [0.05, 0.1) is 11.6 Å². The van der Waals surface area contributed by atoms with Crippen LogP contribution < -0.4 is 10.2 Å². The lowest BCUT2D eigenvalue weighted by Gasteiger charge is -2.29. The highest BCUT2D eigenvalue weighted by molar-refractivity contribution is 6.28. The van der Waals surface area contributed by atoms with Gasteiger partial charge in [0.1, 0.15) is 0 Å². The predicted molar refractivity (Wildman–Crippen MR) is 75.7 cm³/mol. The van der Waals surface area contributed by atoms with Crippen LogP contribution in [0.25, 0.3) is 0 Å². The van der Waals surface area contributed by atoms with E-state index in [9.17, 15) is 5.11 Å². The molecule has 0 spiro atoms. The van der Waals surface area contributed by atoms with E-state index < -0.39 is 11.6 Å². The van der Waals surface area contributed by atoms with Gasteiger partial charge in [-0.2, -0.15) is 15.0 Å². The lowest BCUT2D eigenvalue weighted by molar-refractivity contribution is 0.132. The number of aliphatic hydroxyl groups excluding tert-OH is 1. The van der Waals surface area contributed by atoms with Crippen LogP contribution in [0.1, 0.15) is 33.6 Å². The van der Waals surface area contributed by atoms with E-state index in [1.807, 2.05) is 13.8 Å². The molecule has 2 N–H and O–H groups in total. The average Bonchev–Trinajstić information content (AvgIpc) is 2.80. The molecule has 0 aliphatic carbocycles. The van der Waals surface area contributed by atoms with Crippen LogP contribution >= 0.6 is 11.6 Å². The van der Waals surface area contributed by atoms with E-state index >= 15 is 0 Å². The van der Waals surface area contributed by atoms with Gasteiger partial charge in [-0.15, -0.1) is 0 Å². The number of rotatable bonds is 4. The summed E-state index contributed by atoms with van der Waals surface area (Å²) in [5.41, 5.74) is -0.535. The van der Waals surface area contributed by atoms with E-state index in [1.165, 1.54) is 0 Å². The smallest absolute Gasteiger partial charge is 0.231 e. The Labute approximate surface area is 118 Å². The Morgan fingerprint density at radius 3 is 2.47 bits per heavy atom. The number of aliphatic hydroxyl groups is 1. The van der Waals surface area contributed by atoms with E-state index in [0.717, 1.165) is 25.9 Å². The fourth-order valence-electron chi connectivity index (χ4n) is 1.85. The Morgan fingerprint density at radius 1 is 1.26 bits per heavy atom. The Kier molecular flexibility index (Phi) is 4.10. The average molecular weight is 286 g/mol. The quantitative estimate of drug-likeness (QED) is 0.877. The zero-order valence-corrected chi connectivity index (χ0v) is 12.3. The van der Waals surface area contributed by atoms with Crippen LogP contribution in [0, 0.1) is 0 Å². The van der Waals surface area contributed by atoms with Crippen molar-refractivity contribution < 1.29 is 5.11 Å². The molecule has 0 saturated carbocycles. The first kappa shape index (κ1) is 14.3. The lowest BCUT2D eigenvalue weighted by atomic mass is 9.99. The number of hydrogen-bond acceptors (Lipinski definition) is 6. The van der Waals surface area contributed by atoms with E-state index in [2.05, 4.69) is 25.2 Å². The van der Waals surface area contributed by atoms with Gasteiger partial charge < -0.3 is 15.3 Å². The van der Waals surface area contributed by atoms with Gasteiger partial charge in [0.25, 0.3) is 0 Å². The first-order chi connectivity index (χ1) is 8.88. The Morgan fingerprint density at radius 2 is 1.89 bits per heavy atom. The minimum absolute atomic E-state index is 0.167. The zero-order chi connectivity index (χ0) is 14.0. The number of halogens is 1. The van der Waals surface area contributed by atoms with Crippen LogP contribution in [0.5, 0.6) is 0 Å². The van der Waals surface area contributed by atoms with E-state index in [1.54, 1.807) is 6.92 Å². The molecule has 0 aromatic carbocycles. The molecule has 1 unspecified atom stereocenters. The molecule has 106 valence electrons. The van der Waals surface area contributed by atoms with Crippen LogP contribution in [-0.2, 0) is 0 Å². The summed E-state index contributed by atoms with van der Waals surface area (Å²) in [5, 5.41) is 13.0. The van der Waals surface area contributed by atoms with Crippen LogP contribution in [-0.4, -0.2) is 44.8 Å². The summed E-state index contributed by atoms with van der Waals surface area (Å²) < 4.78 is 0. The van der Waals surface area contributed by atoms with Gasteiger partial charge in [-0.05, 0) is 45.2 Å². The maximum atomic E-state index is 9.71. The molecule has 1 aliphatic heterocycles. The molecule has 2 rings (SSSR count). The number of anilines is 2. The van der Waals surface area contributed by atoms with Crippen molar-refractivity contribution in [3.8, 4) is 0 Å². The molecule has 0 radical (unpaired) electrons. The summed E-state index contributed by atoms with van der Waals surface area (Å²) in [4.78, 5) is 14.7. The Bertz CT molecular complexity index is 446. The van der Waals surface area contributed by atoms with Crippen molar-refractivity contribution in [1.29, 1.82) is 0 Å². The SMILES string of the molecule is CC(O)C(C)(C)Nc1nc(Cl)nc(N2CCCC2)n1. The minimum Gasteiger partial charge on any atom is -0.391 e. The molecule has 1 aliphatic rings. The van der Waals surface area contributed by atoms with Crippen LogP contribution in [0.15, 0.2) is 0 Å². The normalized spacial score (nSPS) is 17.6. The van der Waals surface area contributed by atoms with Gasteiger partial charge >= 0.3 is 0 Å². The van der Waals surface area contributed by atoms with Gasteiger partial charge in [0.2, 0.25) is 17.2 Å². The third-order valence-corrected chi connectivity index (χ3v) is 3.63. The van der Waals surface area contributed by atoms with Crippen LogP contribution in [0.4, 0.5) is 11.9 Å². The summed E-state index contributed by atoms with van der Waals surface area (Å²) >= 11 is 5.95. The van der Waals surface area contributed by atoms with Gasteiger partial charge in [0, 0.05) is 13.1 Å². The highest BCUT2D eigenvalue weighted by Gasteiger charge is 2.26. The largest absolute Gasteiger partial charge is 0.391 e. The molecule has 6 nitrogen and oxygen atoms in total. The molecule has 1 atom stereocenters. The first-order valence-electron chi connectivity index (χ1n) is 6.51. The highest BCUT2D eigenvalue weighted by atomic mass is 35.5. The second-order valence-electron chi connectivity index (χ2n) is 5.44. The number of aromatic nitrogens is 3. The van der Waals surface area contributed by atoms with Crippen molar-refractivity contribution >= 4 is 23.5 Å². The van der Waals surface area contributed by atoms with Crippen molar-refractivity contribution in [2.24, 2.45) is 0 Å². The van der Waals surface area contributed by atoms with Gasteiger partial charge in [-0.25, -0.2) is 0 Å². The molecule has 19 heavy (non-hydrogen) atoms. The van der Waals surface area contributed by atoms with Gasteiger partial charge in [0.15, 0.2) is 0 Å². The fraction of sp³-hybridized carbons (Fsp3) is 0.750. The Hall–Kier alpha value is -1.14. The van der Waals surface area contributed by atoms with Crippen molar-refractivity contribution in [1.82, 2.24) is 15.0 Å². The molecule has 0 amide bonds. The molecular formula is C12H20ClN5O. The van der Waals surface area contributed by atoms with Crippen molar-refractivity contribution in [3.63, 3.8) is 0 Å². The zero-order valence-electron chi connectivity index (χ0n) is 11.5. The van der Waals surface area contributed by atoms with Crippen molar-refractivity contribution in [2.45, 2.75) is 45.3 Å². The van der Waals surface area contributed by atoms with E-state index in [4.69, 9.17) is 11.6 Å². The molecule has 2 heterocycles.